The maximum absolute atomic E-state index is 13.5. The van der Waals surface area contributed by atoms with Crippen LogP contribution in [0.25, 0.3) is 10.9 Å². The molecule has 11 nitrogen and oxygen atoms in total. The number of carboxylic acid groups (broad SMARTS) is 1. The molecule has 0 aliphatic heterocycles. The predicted octanol–water partition coefficient (Wildman–Crippen LogP) is 0.368. The van der Waals surface area contributed by atoms with E-state index in [-0.39, 0.29) is 12.3 Å². The zero-order valence-electron chi connectivity index (χ0n) is 21.3. The fraction of sp³-hybridized carbons (Fsp3) is 0.520. The van der Waals surface area contributed by atoms with Gasteiger partial charge in [0.2, 0.25) is 17.7 Å². The first kappa shape index (κ1) is 30.1. The summed E-state index contributed by atoms with van der Waals surface area (Å²) >= 11 is 1.56. The van der Waals surface area contributed by atoms with E-state index in [4.69, 9.17) is 5.73 Å². The van der Waals surface area contributed by atoms with Crippen molar-refractivity contribution in [3.05, 3.63) is 36.0 Å². The lowest BCUT2D eigenvalue weighted by atomic mass is 9.96. The van der Waals surface area contributed by atoms with Crippen LogP contribution in [0.1, 0.15) is 32.3 Å². The second-order valence-electron chi connectivity index (χ2n) is 8.97. The van der Waals surface area contributed by atoms with Gasteiger partial charge in [-0.15, -0.1) is 0 Å². The first-order valence-corrected chi connectivity index (χ1v) is 13.6. The molecule has 0 fully saturated rings. The van der Waals surface area contributed by atoms with Crippen LogP contribution in [0.5, 0.6) is 0 Å². The minimum absolute atomic E-state index is 0.139. The number of carboxylic acids is 1. The molecule has 0 saturated carbocycles. The van der Waals surface area contributed by atoms with Crippen molar-refractivity contribution in [3.8, 4) is 0 Å². The van der Waals surface area contributed by atoms with E-state index in [1.54, 1.807) is 24.9 Å². The number of aliphatic carboxylic acids is 1. The second kappa shape index (κ2) is 14.6. The molecule has 204 valence electrons. The first-order valence-electron chi connectivity index (χ1n) is 12.2. The highest BCUT2D eigenvalue weighted by atomic mass is 32.2. The molecule has 0 radical (unpaired) electrons. The molecule has 8 N–H and O–H groups in total. The molecule has 5 atom stereocenters. The SMILES string of the molecule is CCC(C)C(NC(=O)C(Cc1c[nH]c2ccccc12)NC(=O)C(N)CCSC)C(=O)NC(CO)C(=O)O. The van der Waals surface area contributed by atoms with Crippen molar-refractivity contribution >= 4 is 46.4 Å². The van der Waals surface area contributed by atoms with Gasteiger partial charge in [-0.2, -0.15) is 11.8 Å². The Hall–Kier alpha value is -3.09. The number of benzene rings is 1. The summed E-state index contributed by atoms with van der Waals surface area (Å²) in [5, 5.41) is 27.1. The van der Waals surface area contributed by atoms with Crippen LogP contribution >= 0.6 is 11.8 Å². The predicted molar refractivity (Wildman–Crippen MR) is 143 cm³/mol. The number of hydrogen-bond donors (Lipinski definition) is 7. The van der Waals surface area contributed by atoms with Crippen molar-refractivity contribution in [1.29, 1.82) is 0 Å². The quantitative estimate of drug-likeness (QED) is 0.170. The lowest BCUT2D eigenvalue weighted by Gasteiger charge is -2.28. The van der Waals surface area contributed by atoms with E-state index in [2.05, 4.69) is 20.9 Å². The van der Waals surface area contributed by atoms with Gasteiger partial charge in [0.05, 0.1) is 12.6 Å². The fourth-order valence-electron chi connectivity index (χ4n) is 3.79. The van der Waals surface area contributed by atoms with E-state index in [0.717, 1.165) is 16.5 Å². The van der Waals surface area contributed by atoms with Crippen LogP contribution < -0.4 is 21.7 Å². The van der Waals surface area contributed by atoms with Gasteiger partial charge in [-0.1, -0.05) is 38.5 Å². The molecule has 2 rings (SSSR count). The number of amides is 3. The monoisotopic (exact) mass is 535 g/mol. The van der Waals surface area contributed by atoms with Gasteiger partial charge in [0.15, 0.2) is 0 Å². The third-order valence-corrected chi connectivity index (χ3v) is 6.94. The third kappa shape index (κ3) is 8.48. The van der Waals surface area contributed by atoms with Crippen molar-refractivity contribution in [2.75, 3.05) is 18.6 Å². The maximum atomic E-state index is 13.5. The third-order valence-electron chi connectivity index (χ3n) is 6.29. The Bertz CT molecular complexity index is 1080. The zero-order valence-corrected chi connectivity index (χ0v) is 22.1. The summed E-state index contributed by atoms with van der Waals surface area (Å²) in [6.07, 6.45) is 4.75. The van der Waals surface area contributed by atoms with Gasteiger partial charge in [-0.25, -0.2) is 4.79 Å². The van der Waals surface area contributed by atoms with Crippen molar-refractivity contribution in [2.24, 2.45) is 11.7 Å². The number of rotatable bonds is 15. The van der Waals surface area contributed by atoms with E-state index in [1.807, 2.05) is 37.4 Å². The van der Waals surface area contributed by atoms with Gasteiger partial charge in [0.25, 0.3) is 0 Å². The Labute approximate surface area is 220 Å². The standard InChI is InChI=1S/C25H37N5O6S/c1-4-14(2)21(24(34)29-20(13-31)25(35)36)30-23(33)19(28-22(32)17(26)9-10-37-3)11-15-12-27-18-8-6-5-7-16(15)18/h5-8,12,14,17,19-21,27,31H,4,9-11,13,26H2,1-3H3,(H,28,32)(H,29,34)(H,30,33)(H,35,36). The van der Waals surface area contributed by atoms with E-state index in [0.29, 0.717) is 18.6 Å². The van der Waals surface area contributed by atoms with Crippen molar-refractivity contribution in [3.63, 3.8) is 0 Å². The Morgan fingerprint density at radius 1 is 1.05 bits per heavy atom. The minimum Gasteiger partial charge on any atom is -0.480 e. The van der Waals surface area contributed by atoms with Crippen molar-refractivity contribution in [1.82, 2.24) is 20.9 Å². The number of fused-ring (bicyclic) bond motifs is 1. The number of para-hydroxylation sites is 1. The molecule has 0 aliphatic rings. The Balaban J connectivity index is 2.30. The number of aliphatic hydroxyl groups is 1. The van der Waals surface area contributed by atoms with Gasteiger partial charge in [-0.05, 0) is 36.0 Å². The number of nitrogens with one attached hydrogen (secondary N) is 4. The van der Waals surface area contributed by atoms with E-state index in [9.17, 15) is 29.4 Å². The Morgan fingerprint density at radius 3 is 2.35 bits per heavy atom. The van der Waals surface area contributed by atoms with Gasteiger partial charge < -0.3 is 36.9 Å². The number of aliphatic hydroxyl groups excluding tert-OH is 1. The minimum atomic E-state index is -1.51. The van der Waals surface area contributed by atoms with E-state index in [1.165, 1.54) is 0 Å². The summed E-state index contributed by atoms with van der Waals surface area (Å²) in [5.74, 6) is -2.89. The van der Waals surface area contributed by atoms with Crippen LogP contribution in [0, 0.1) is 5.92 Å². The molecule has 0 spiro atoms. The largest absolute Gasteiger partial charge is 0.480 e. The van der Waals surface area contributed by atoms with Crippen LogP contribution in [0.15, 0.2) is 30.5 Å². The zero-order chi connectivity index (χ0) is 27.5. The molecule has 2 aromatic rings. The van der Waals surface area contributed by atoms with Crippen LogP contribution in [0.2, 0.25) is 0 Å². The van der Waals surface area contributed by atoms with E-state index >= 15 is 0 Å². The number of thioether (sulfide) groups is 1. The molecule has 1 heterocycles. The highest BCUT2D eigenvalue weighted by Crippen LogP contribution is 2.19. The summed E-state index contributed by atoms with van der Waals surface area (Å²) in [6, 6.07) is 3.11. The molecule has 12 heteroatoms. The molecule has 1 aromatic heterocycles. The molecular weight excluding hydrogens is 498 g/mol. The van der Waals surface area contributed by atoms with Crippen LogP contribution in [-0.2, 0) is 25.6 Å². The topological polar surface area (TPSA) is 187 Å². The van der Waals surface area contributed by atoms with Crippen molar-refractivity contribution < 1.29 is 29.4 Å². The highest BCUT2D eigenvalue weighted by molar-refractivity contribution is 7.98. The van der Waals surface area contributed by atoms with Crippen LogP contribution in [-0.4, -0.2) is 81.7 Å². The molecule has 0 bridgehead atoms. The van der Waals surface area contributed by atoms with Gasteiger partial charge in [-0.3, -0.25) is 14.4 Å². The molecule has 5 unspecified atom stereocenters. The van der Waals surface area contributed by atoms with Crippen molar-refractivity contribution in [2.45, 2.75) is 57.3 Å². The van der Waals surface area contributed by atoms with Gasteiger partial charge in [0.1, 0.15) is 18.1 Å². The summed E-state index contributed by atoms with van der Waals surface area (Å²) in [7, 11) is 0. The smallest absolute Gasteiger partial charge is 0.328 e. The van der Waals surface area contributed by atoms with E-state index < -0.39 is 54.5 Å². The van der Waals surface area contributed by atoms with Crippen LogP contribution in [0.3, 0.4) is 0 Å². The molecule has 3 amide bonds. The fourth-order valence-corrected chi connectivity index (χ4v) is 4.28. The Kier molecular flexibility index (Phi) is 11.9. The highest BCUT2D eigenvalue weighted by Gasteiger charge is 2.33. The lowest BCUT2D eigenvalue weighted by Crippen LogP contribution is -2.59. The van der Waals surface area contributed by atoms with Gasteiger partial charge in [0, 0.05) is 23.5 Å². The summed E-state index contributed by atoms with van der Waals surface area (Å²) in [4.78, 5) is 53.6. The summed E-state index contributed by atoms with van der Waals surface area (Å²) < 4.78 is 0. The first-order chi connectivity index (χ1) is 17.6. The number of H-pyrrole nitrogens is 1. The number of nitrogens with two attached hydrogens (primary N) is 1. The number of carbonyl (C=O) groups is 4. The second-order valence-corrected chi connectivity index (χ2v) is 9.95. The van der Waals surface area contributed by atoms with Crippen LogP contribution in [0.4, 0.5) is 0 Å². The van der Waals surface area contributed by atoms with Gasteiger partial charge >= 0.3 is 5.97 Å². The number of hydrogen-bond acceptors (Lipinski definition) is 7. The summed E-state index contributed by atoms with van der Waals surface area (Å²) in [5.41, 5.74) is 7.70. The lowest BCUT2D eigenvalue weighted by molar-refractivity contribution is -0.143. The molecule has 37 heavy (non-hydrogen) atoms. The number of aromatic nitrogens is 1. The number of carbonyl (C=O) groups excluding carboxylic acids is 3. The maximum Gasteiger partial charge on any atom is 0.328 e. The molecule has 0 aliphatic carbocycles. The molecule has 1 aromatic carbocycles. The molecular formula is C25H37N5O6S. The Morgan fingerprint density at radius 2 is 1.73 bits per heavy atom. The normalized spacial score (nSPS) is 15.3. The average Bonchev–Trinajstić information content (AvgIpc) is 3.30. The molecule has 0 saturated heterocycles. The average molecular weight is 536 g/mol. The number of aromatic amines is 1. The summed E-state index contributed by atoms with van der Waals surface area (Å²) in [6.45, 7) is 2.77.